The Hall–Kier alpha value is -4.26. The van der Waals surface area contributed by atoms with E-state index in [-0.39, 0.29) is 40.3 Å². The van der Waals surface area contributed by atoms with E-state index in [2.05, 4.69) is 9.97 Å². The molecule has 0 atom stereocenters. The van der Waals surface area contributed by atoms with Crippen molar-refractivity contribution in [2.24, 2.45) is 0 Å². The molecule has 7 nitrogen and oxygen atoms in total. The van der Waals surface area contributed by atoms with Gasteiger partial charge in [0.25, 0.3) is 11.1 Å². The van der Waals surface area contributed by atoms with Crippen molar-refractivity contribution in [3.05, 3.63) is 89.4 Å². The van der Waals surface area contributed by atoms with Crippen LogP contribution in [0, 0.1) is 11.6 Å². The zero-order chi connectivity index (χ0) is 28.2. The van der Waals surface area contributed by atoms with Gasteiger partial charge in [-0.05, 0) is 54.3 Å². The van der Waals surface area contributed by atoms with Gasteiger partial charge in [-0.1, -0.05) is 17.8 Å². The maximum absolute atomic E-state index is 14.8. The van der Waals surface area contributed by atoms with Gasteiger partial charge in [-0.3, -0.25) is 14.6 Å². The maximum atomic E-state index is 14.8. The van der Waals surface area contributed by atoms with E-state index in [0.717, 1.165) is 18.3 Å². The van der Waals surface area contributed by atoms with E-state index in [1.54, 1.807) is 11.6 Å². The van der Waals surface area contributed by atoms with Crippen molar-refractivity contribution in [1.29, 1.82) is 0 Å². The van der Waals surface area contributed by atoms with E-state index in [1.807, 2.05) is 0 Å². The molecule has 13 heteroatoms. The van der Waals surface area contributed by atoms with E-state index in [9.17, 15) is 31.5 Å². The second-order valence-corrected chi connectivity index (χ2v) is 8.77. The molecule has 0 spiro atoms. The van der Waals surface area contributed by atoms with Crippen molar-refractivity contribution < 1.29 is 40.7 Å². The first kappa shape index (κ1) is 27.8. The molecule has 0 saturated heterocycles. The largest absolute Gasteiger partial charge is 0.454 e. The van der Waals surface area contributed by atoms with Gasteiger partial charge in [-0.15, -0.1) is 0 Å². The lowest BCUT2D eigenvalue weighted by Gasteiger charge is -2.10. The Morgan fingerprint density at radius 2 is 1.79 bits per heavy atom. The molecule has 4 aromatic rings. The van der Waals surface area contributed by atoms with Crippen LogP contribution in [0.2, 0.25) is 0 Å². The van der Waals surface area contributed by atoms with Gasteiger partial charge in [0.05, 0.1) is 0 Å². The van der Waals surface area contributed by atoms with Crippen LogP contribution in [0.25, 0.3) is 11.3 Å². The minimum absolute atomic E-state index is 0.0137. The van der Waals surface area contributed by atoms with Crippen LogP contribution in [0.15, 0.2) is 70.4 Å². The summed E-state index contributed by atoms with van der Waals surface area (Å²) in [5.41, 5.74) is 0.408. The highest BCUT2D eigenvalue weighted by molar-refractivity contribution is 7.98. The van der Waals surface area contributed by atoms with E-state index in [1.165, 1.54) is 54.2 Å². The van der Waals surface area contributed by atoms with Crippen molar-refractivity contribution in [3.63, 3.8) is 0 Å². The molecule has 0 fully saturated rings. The number of carbonyl (C=O) groups excluding carboxylic acids is 2. The van der Waals surface area contributed by atoms with E-state index in [4.69, 9.17) is 9.15 Å². The molecule has 0 aliphatic rings. The predicted molar refractivity (Wildman–Crippen MR) is 131 cm³/mol. The molecule has 4 rings (SSSR count). The normalized spacial score (nSPS) is 11.3. The number of ketones is 1. The third-order valence-electron chi connectivity index (χ3n) is 5.15. The van der Waals surface area contributed by atoms with Gasteiger partial charge in [-0.2, -0.15) is 18.2 Å². The lowest BCUT2D eigenvalue weighted by molar-refractivity contribution is -0.123. The minimum atomic E-state index is -4.59. The molecule has 1 amide bonds. The Kier molecular flexibility index (Phi) is 8.29. The molecule has 0 aliphatic heterocycles. The summed E-state index contributed by atoms with van der Waals surface area (Å²) in [4.78, 5) is 32.8. The van der Waals surface area contributed by atoms with Crippen molar-refractivity contribution in [2.45, 2.75) is 17.8 Å². The molecular formula is C26H18F5N3O4S. The number of Topliss-reactive ketones (excluding diaryl/α,β-unsaturated/α-hetero) is 1. The summed E-state index contributed by atoms with van der Waals surface area (Å²) in [6.45, 7) is -1.54. The number of carbonyl (C=O) groups is 2. The Labute approximate surface area is 222 Å². The smallest absolute Gasteiger partial charge is 0.405 e. The maximum Gasteiger partial charge on any atom is 0.405 e. The number of pyridine rings is 1. The average Bonchev–Trinajstić information content (AvgIpc) is 3.34. The lowest BCUT2D eigenvalue weighted by Crippen LogP contribution is -2.34. The second kappa shape index (κ2) is 11.6. The molecule has 202 valence electrons. The van der Waals surface area contributed by atoms with Gasteiger partial charge in [0, 0.05) is 24.2 Å². The number of halogens is 5. The van der Waals surface area contributed by atoms with Gasteiger partial charge in [0.1, 0.15) is 23.8 Å². The predicted octanol–water partition coefficient (Wildman–Crippen LogP) is 6.25. The molecule has 0 saturated carbocycles. The first-order valence-electron chi connectivity index (χ1n) is 11.1. The summed E-state index contributed by atoms with van der Waals surface area (Å²) < 4.78 is 76.2. The zero-order valence-electron chi connectivity index (χ0n) is 20.0. The summed E-state index contributed by atoms with van der Waals surface area (Å²) in [5.74, 6) is -2.96. The third-order valence-corrected chi connectivity index (χ3v) is 5.68. The van der Waals surface area contributed by atoms with Crippen LogP contribution in [0.3, 0.4) is 0 Å². The highest BCUT2D eigenvalue weighted by atomic mass is 32.2. The van der Waals surface area contributed by atoms with Crippen molar-refractivity contribution >= 4 is 23.5 Å². The van der Waals surface area contributed by atoms with Crippen molar-refractivity contribution in [1.82, 2.24) is 15.3 Å². The quantitative estimate of drug-likeness (QED) is 0.146. The molecule has 0 radical (unpaired) electrons. The van der Waals surface area contributed by atoms with E-state index < -0.39 is 36.0 Å². The minimum Gasteiger partial charge on any atom is -0.454 e. The van der Waals surface area contributed by atoms with Crippen LogP contribution in [-0.2, 0) is 6.42 Å². The average molecular weight is 564 g/mol. The van der Waals surface area contributed by atoms with Crippen molar-refractivity contribution in [2.75, 3.05) is 12.8 Å². The summed E-state index contributed by atoms with van der Waals surface area (Å²) in [6, 6.07) is 11.5. The summed E-state index contributed by atoms with van der Waals surface area (Å²) in [7, 11) is 0. The number of amides is 1. The fourth-order valence-corrected chi connectivity index (χ4v) is 3.73. The summed E-state index contributed by atoms with van der Waals surface area (Å²) in [5, 5.41) is 1.92. The molecular weight excluding hydrogens is 545 g/mol. The number of nitrogens with zero attached hydrogens (tertiary/aromatic N) is 2. The SMILES string of the molecule is CSc1nc(C(=O)Cc2ccc(Oc3ccnc(C(=O)NCC(F)(F)F)c3)c(F)c2)c(-c2ccc(F)cc2)o1. The summed E-state index contributed by atoms with van der Waals surface area (Å²) in [6.07, 6.45) is -1.99. The number of oxazole rings is 1. The molecule has 2 aromatic carbocycles. The topological polar surface area (TPSA) is 94.3 Å². The fraction of sp³-hybridized carbons (Fsp3) is 0.154. The van der Waals surface area contributed by atoms with Crippen LogP contribution in [0.4, 0.5) is 22.0 Å². The third kappa shape index (κ3) is 7.19. The van der Waals surface area contributed by atoms with Crippen molar-refractivity contribution in [3.8, 4) is 22.8 Å². The standard InChI is InChI=1S/C26H18F5N3O4S/c1-39-25-34-22(23(38-25)15-3-5-16(27)6-4-15)20(35)11-14-2-7-21(18(28)10-14)37-17-8-9-32-19(12-17)24(36)33-13-26(29,30)31/h2-10,12H,11,13H2,1H3,(H,33,36). The summed E-state index contributed by atoms with van der Waals surface area (Å²) >= 11 is 1.18. The highest BCUT2D eigenvalue weighted by Gasteiger charge is 2.28. The lowest BCUT2D eigenvalue weighted by atomic mass is 10.0. The van der Waals surface area contributed by atoms with Gasteiger partial charge in [0.15, 0.2) is 28.8 Å². The second-order valence-electron chi connectivity index (χ2n) is 8.01. The fourth-order valence-electron chi connectivity index (χ4n) is 3.38. The van der Waals surface area contributed by atoms with Crippen LogP contribution in [-0.4, -0.2) is 40.6 Å². The van der Waals surface area contributed by atoms with Crippen LogP contribution >= 0.6 is 11.8 Å². The van der Waals surface area contributed by atoms with Crippen LogP contribution in [0.5, 0.6) is 11.5 Å². The van der Waals surface area contributed by atoms with Gasteiger partial charge in [0.2, 0.25) is 0 Å². The zero-order valence-corrected chi connectivity index (χ0v) is 20.8. The number of hydrogen-bond acceptors (Lipinski definition) is 7. The number of nitrogens with one attached hydrogen (secondary N) is 1. The van der Waals surface area contributed by atoms with E-state index in [0.29, 0.717) is 11.1 Å². The Balaban J connectivity index is 1.48. The molecule has 0 unspecified atom stereocenters. The van der Waals surface area contributed by atoms with E-state index >= 15 is 0 Å². The Morgan fingerprint density at radius 3 is 2.46 bits per heavy atom. The van der Waals surface area contributed by atoms with Crippen LogP contribution in [0.1, 0.15) is 26.5 Å². The highest BCUT2D eigenvalue weighted by Crippen LogP contribution is 2.31. The first-order valence-corrected chi connectivity index (χ1v) is 12.4. The number of aromatic nitrogens is 2. The first-order chi connectivity index (χ1) is 18.5. The molecule has 0 bridgehead atoms. The molecule has 2 aromatic heterocycles. The van der Waals surface area contributed by atoms with Gasteiger partial charge >= 0.3 is 6.18 Å². The monoisotopic (exact) mass is 563 g/mol. The Bertz CT molecular complexity index is 1510. The Morgan fingerprint density at radius 1 is 1.05 bits per heavy atom. The molecule has 39 heavy (non-hydrogen) atoms. The molecule has 0 aliphatic carbocycles. The number of ether oxygens (including phenoxy) is 1. The van der Waals surface area contributed by atoms with Gasteiger partial charge < -0.3 is 14.5 Å². The number of thioether (sulfide) groups is 1. The molecule has 2 heterocycles. The van der Waals surface area contributed by atoms with Gasteiger partial charge in [-0.25, -0.2) is 8.78 Å². The van der Waals surface area contributed by atoms with Crippen LogP contribution < -0.4 is 10.1 Å². The number of hydrogen-bond donors (Lipinski definition) is 1. The number of benzene rings is 2. The number of alkyl halides is 3. The molecule has 1 N–H and O–H groups in total. The number of rotatable bonds is 9.